The molecule has 2 aromatic carbocycles. The number of halogens is 1. The van der Waals surface area contributed by atoms with Crippen LogP contribution in [0.1, 0.15) is 30.1 Å². The molecule has 0 N–H and O–H groups in total. The minimum absolute atomic E-state index is 0.150. The SMILES string of the molecule is CC(=O)OC(c1ccccc1)C([CH2][Hg][Cl])c1ccccc1. The molecule has 0 bridgehead atoms. The number of esters is 1. The molecule has 2 unspecified atom stereocenters. The Bertz CT molecular complexity index is 560. The van der Waals surface area contributed by atoms with Crippen molar-refractivity contribution in [3.05, 3.63) is 71.8 Å². The van der Waals surface area contributed by atoms with Crippen LogP contribution < -0.4 is 0 Å². The molecule has 0 saturated carbocycles. The predicted octanol–water partition coefficient (Wildman–Crippen LogP) is 4.73. The monoisotopic (exact) mass is 490 g/mol. The third kappa shape index (κ3) is 4.82. The molecule has 21 heavy (non-hydrogen) atoms. The van der Waals surface area contributed by atoms with Gasteiger partial charge in [0.05, 0.1) is 0 Å². The van der Waals surface area contributed by atoms with E-state index in [9.17, 15) is 4.79 Å². The van der Waals surface area contributed by atoms with Crippen molar-refractivity contribution in [3.63, 3.8) is 0 Å². The molecule has 0 aliphatic heterocycles. The van der Waals surface area contributed by atoms with Crippen molar-refractivity contribution in [2.75, 3.05) is 0 Å². The predicted molar refractivity (Wildman–Crippen MR) is 80.8 cm³/mol. The number of carbonyl (C=O) groups is 1. The summed E-state index contributed by atoms with van der Waals surface area (Å²) in [4.78, 5) is 11.5. The van der Waals surface area contributed by atoms with Gasteiger partial charge in [-0.15, -0.1) is 0 Å². The summed E-state index contributed by atoms with van der Waals surface area (Å²) < 4.78 is 6.61. The molecule has 0 fully saturated rings. The molecule has 0 aromatic heterocycles. The summed E-state index contributed by atoms with van der Waals surface area (Å²) in [6.07, 6.45) is -0.259. The average molecular weight is 489 g/mol. The van der Waals surface area contributed by atoms with Crippen molar-refractivity contribution in [1.29, 1.82) is 0 Å². The van der Waals surface area contributed by atoms with E-state index in [1.807, 2.05) is 48.5 Å². The van der Waals surface area contributed by atoms with E-state index in [0.29, 0.717) is 0 Å². The van der Waals surface area contributed by atoms with Crippen molar-refractivity contribution < 1.29 is 32.9 Å². The molecule has 0 aliphatic rings. The number of ether oxygens (including phenoxy) is 1. The minimum atomic E-state index is -1.40. The van der Waals surface area contributed by atoms with Crippen molar-refractivity contribution in [1.82, 2.24) is 0 Å². The van der Waals surface area contributed by atoms with Crippen LogP contribution in [-0.2, 0) is 32.9 Å². The van der Waals surface area contributed by atoms with E-state index in [1.165, 1.54) is 12.5 Å². The van der Waals surface area contributed by atoms with E-state index in [-0.39, 0.29) is 18.0 Å². The van der Waals surface area contributed by atoms with Gasteiger partial charge in [0.2, 0.25) is 0 Å². The molecular weight excluding hydrogens is 472 g/mol. The first-order chi connectivity index (χ1) is 10.2. The van der Waals surface area contributed by atoms with Gasteiger partial charge in [0.15, 0.2) is 0 Å². The second-order valence-electron chi connectivity index (χ2n) is 4.94. The number of hydrogen-bond donors (Lipinski definition) is 0. The van der Waals surface area contributed by atoms with Crippen molar-refractivity contribution in [3.8, 4) is 0 Å². The van der Waals surface area contributed by atoms with E-state index >= 15 is 0 Å². The van der Waals surface area contributed by atoms with Crippen LogP contribution in [0.3, 0.4) is 0 Å². The molecular formula is C17H17ClHgO2. The van der Waals surface area contributed by atoms with Gasteiger partial charge in [-0.1, -0.05) is 0 Å². The summed E-state index contributed by atoms with van der Waals surface area (Å²) >= 11 is -1.40. The Morgan fingerprint density at radius 1 is 1.05 bits per heavy atom. The maximum absolute atomic E-state index is 11.5. The number of benzene rings is 2. The van der Waals surface area contributed by atoms with E-state index in [4.69, 9.17) is 13.0 Å². The molecule has 0 spiro atoms. The Morgan fingerprint density at radius 3 is 2.05 bits per heavy atom. The normalized spacial score (nSPS) is 13.0. The van der Waals surface area contributed by atoms with E-state index in [2.05, 4.69) is 12.1 Å². The van der Waals surface area contributed by atoms with Crippen LogP contribution in [0.15, 0.2) is 60.7 Å². The second kappa shape index (κ2) is 8.55. The molecule has 2 atom stereocenters. The van der Waals surface area contributed by atoms with Gasteiger partial charge in [0, 0.05) is 0 Å². The zero-order chi connectivity index (χ0) is 15.1. The molecule has 4 heteroatoms. The van der Waals surface area contributed by atoms with Crippen LogP contribution in [0.4, 0.5) is 0 Å². The molecule has 0 aliphatic carbocycles. The van der Waals surface area contributed by atoms with E-state index in [1.54, 1.807) is 0 Å². The Morgan fingerprint density at radius 2 is 1.57 bits per heavy atom. The van der Waals surface area contributed by atoms with Gasteiger partial charge in [-0.2, -0.15) is 0 Å². The van der Waals surface area contributed by atoms with E-state index in [0.717, 1.165) is 9.49 Å². The van der Waals surface area contributed by atoms with Crippen LogP contribution in [0.5, 0.6) is 0 Å². The van der Waals surface area contributed by atoms with Gasteiger partial charge in [-0.3, -0.25) is 0 Å². The van der Waals surface area contributed by atoms with Crippen LogP contribution in [0.25, 0.3) is 0 Å². The number of rotatable bonds is 6. The van der Waals surface area contributed by atoms with Gasteiger partial charge in [-0.25, -0.2) is 0 Å². The van der Waals surface area contributed by atoms with Crippen molar-refractivity contribution in [2.45, 2.75) is 22.9 Å². The number of hydrogen-bond acceptors (Lipinski definition) is 2. The van der Waals surface area contributed by atoms with Gasteiger partial charge in [0.25, 0.3) is 0 Å². The van der Waals surface area contributed by atoms with Crippen LogP contribution in [0, 0.1) is 0 Å². The zero-order valence-electron chi connectivity index (χ0n) is 12.0. The third-order valence-electron chi connectivity index (χ3n) is 3.43. The zero-order valence-corrected chi connectivity index (χ0v) is 18.3. The number of carbonyl (C=O) groups excluding carboxylic acids is 1. The third-order valence-corrected chi connectivity index (χ3v) is 8.62. The fourth-order valence-electron chi connectivity index (χ4n) is 2.51. The fourth-order valence-corrected chi connectivity index (χ4v) is 7.96. The fraction of sp³-hybridized carbons (Fsp3) is 0.235. The Balaban J connectivity index is 2.38. The molecule has 0 saturated heterocycles. The Labute approximate surface area is 141 Å². The summed E-state index contributed by atoms with van der Waals surface area (Å²) in [7, 11) is 6.20. The topological polar surface area (TPSA) is 26.3 Å². The van der Waals surface area contributed by atoms with Crippen molar-refractivity contribution >= 4 is 14.2 Å². The first-order valence-corrected chi connectivity index (χ1v) is 17.7. The summed E-state index contributed by atoms with van der Waals surface area (Å²) in [5.41, 5.74) is 2.22. The Hall–Kier alpha value is -0.865. The van der Waals surface area contributed by atoms with Crippen LogP contribution in [0.2, 0.25) is 3.93 Å². The first kappa shape index (κ1) is 16.5. The average Bonchev–Trinajstić information content (AvgIpc) is 2.52. The molecule has 0 radical (unpaired) electrons. The molecule has 0 amide bonds. The molecule has 0 heterocycles. The molecule has 2 rings (SSSR count). The summed E-state index contributed by atoms with van der Waals surface area (Å²) in [6, 6.07) is 20.1. The molecule has 106 valence electrons. The van der Waals surface area contributed by atoms with Gasteiger partial charge >= 0.3 is 142 Å². The molecule has 2 aromatic rings. The van der Waals surface area contributed by atoms with Gasteiger partial charge in [0.1, 0.15) is 0 Å². The summed E-state index contributed by atoms with van der Waals surface area (Å²) in [5, 5.41) is 0. The standard InChI is InChI=1S/C17H17O2.ClH.Hg/c1-13(15-9-5-3-6-10-15)17(19-14(2)18)16-11-7-4-8-12-16;;/h3-13,17H,1H2,2H3;1H;/q;;+1/p-1. The van der Waals surface area contributed by atoms with Crippen LogP contribution >= 0.6 is 8.25 Å². The van der Waals surface area contributed by atoms with Crippen molar-refractivity contribution in [2.24, 2.45) is 0 Å². The quantitative estimate of drug-likeness (QED) is 0.434. The summed E-state index contributed by atoms with van der Waals surface area (Å²) in [5.74, 6) is -0.104. The Kier molecular flexibility index (Phi) is 6.72. The summed E-state index contributed by atoms with van der Waals surface area (Å²) in [6.45, 7) is 1.46. The van der Waals surface area contributed by atoms with Gasteiger partial charge in [-0.05, 0) is 0 Å². The molecule has 2 nitrogen and oxygen atoms in total. The maximum atomic E-state index is 11.5. The first-order valence-electron chi connectivity index (χ1n) is 7.05. The van der Waals surface area contributed by atoms with E-state index < -0.39 is 23.3 Å². The van der Waals surface area contributed by atoms with Gasteiger partial charge < -0.3 is 0 Å². The van der Waals surface area contributed by atoms with Crippen LogP contribution in [-0.4, -0.2) is 5.97 Å². The second-order valence-corrected chi connectivity index (χ2v) is 12.0.